The number of ether oxygens (including phenoxy) is 1. The van der Waals surface area contributed by atoms with Gasteiger partial charge in [0, 0.05) is 0 Å². The average Bonchev–Trinajstić information content (AvgIpc) is 2.70. The number of hydrogen-bond acceptors (Lipinski definition) is 5. The van der Waals surface area contributed by atoms with Crippen LogP contribution < -0.4 is 4.74 Å². The summed E-state index contributed by atoms with van der Waals surface area (Å²) in [5.41, 5.74) is 0.504. The van der Waals surface area contributed by atoms with Crippen LogP contribution in [0.15, 0.2) is 17.0 Å². The molecule has 1 fully saturated rings. The molecule has 2 rings (SSSR count). The molecule has 0 radical (unpaired) electrons. The molecule has 0 aromatic heterocycles. The number of rotatable bonds is 5. The largest absolute Gasteiger partial charge is 0.491 e. The lowest BCUT2D eigenvalue weighted by Gasteiger charge is -2.09. The van der Waals surface area contributed by atoms with Gasteiger partial charge < -0.3 is 9.84 Å². The SMILES string of the molecule is CCOc1c(Cl)cc(/C=C2/SC(=O)N(CC(=O)O)C2=O)cc1Cl. The van der Waals surface area contributed by atoms with E-state index in [2.05, 4.69) is 0 Å². The zero-order chi connectivity index (χ0) is 17.1. The van der Waals surface area contributed by atoms with Gasteiger partial charge in [-0.1, -0.05) is 23.2 Å². The summed E-state index contributed by atoms with van der Waals surface area (Å²) in [6.07, 6.45) is 1.43. The molecule has 9 heteroatoms. The molecule has 0 atom stereocenters. The van der Waals surface area contributed by atoms with Crippen molar-refractivity contribution in [3.8, 4) is 5.75 Å². The number of carbonyl (C=O) groups excluding carboxylic acids is 2. The third-order valence-corrected chi connectivity index (χ3v) is 4.24. The van der Waals surface area contributed by atoms with Crippen molar-refractivity contribution in [2.75, 3.05) is 13.2 Å². The number of thioether (sulfide) groups is 1. The summed E-state index contributed by atoms with van der Waals surface area (Å²) in [6, 6.07) is 3.09. The van der Waals surface area contributed by atoms with Crippen LogP contribution in [0.1, 0.15) is 12.5 Å². The predicted octanol–water partition coefficient (Wildman–Crippen LogP) is 3.51. The fraction of sp³-hybridized carbons (Fsp3) is 0.214. The highest BCUT2D eigenvalue weighted by Gasteiger charge is 2.36. The van der Waals surface area contributed by atoms with E-state index in [1.807, 2.05) is 0 Å². The van der Waals surface area contributed by atoms with Gasteiger partial charge in [-0.25, -0.2) is 0 Å². The minimum atomic E-state index is -1.26. The van der Waals surface area contributed by atoms with E-state index in [0.717, 1.165) is 0 Å². The molecule has 6 nitrogen and oxygen atoms in total. The Morgan fingerprint density at radius 1 is 1.35 bits per heavy atom. The third-order valence-electron chi connectivity index (χ3n) is 2.77. The molecule has 1 saturated heterocycles. The van der Waals surface area contributed by atoms with Gasteiger partial charge >= 0.3 is 5.97 Å². The maximum absolute atomic E-state index is 12.1. The third kappa shape index (κ3) is 3.99. The second-order valence-electron chi connectivity index (χ2n) is 4.41. The van der Waals surface area contributed by atoms with Crippen molar-refractivity contribution in [1.29, 1.82) is 0 Å². The number of carboxylic acid groups (broad SMARTS) is 1. The predicted molar refractivity (Wildman–Crippen MR) is 87.9 cm³/mol. The van der Waals surface area contributed by atoms with Gasteiger partial charge in [0.05, 0.1) is 21.6 Å². The number of nitrogens with zero attached hydrogens (tertiary/aromatic N) is 1. The minimum absolute atomic E-state index is 0.104. The van der Waals surface area contributed by atoms with Crippen LogP contribution in [-0.4, -0.2) is 40.3 Å². The lowest BCUT2D eigenvalue weighted by Crippen LogP contribution is -2.33. The van der Waals surface area contributed by atoms with Crippen LogP contribution in [0.25, 0.3) is 6.08 Å². The van der Waals surface area contributed by atoms with Crippen LogP contribution >= 0.6 is 35.0 Å². The van der Waals surface area contributed by atoms with E-state index in [4.69, 9.17) is 33.0 Å². The maximum atomic E-state index is 12.1. The monoisotopic (exact) mass is 375 g/mol. The summed E-state index contributed by atoms with van der Waals surface area (Å²) in [5.74, 6) is -1.59. The Hall–Kier alpha value is -1.70. The number of hydrogen-bond donors (Lipinski definition) is 1. The van der Waals surface area contributed by atoms with Crippen LogP contribution in [0.3, 0.4) is 0 Å². The van der Waals surface area contributed by atoms with E-state index in [0.29, 0.717) is 34.6 Å². The number of carboxylic acids is 1. The van der Waals surface area contributed by atoms with Crippen molar-refractivity contribution in [3.05, 3.63) is 32.6 Å². The number of imide groups is 1. The fourth-order valence-electron chi connectivity index (χ4n) is 1.87. The van der Waals surface area contributed by atoms with E-state index in [9.17, 15) is 14.4 Å². The highest BCUT2D eigenvalue weighted by atomic mass is 35.5. The lowest BCUT2D eigenvalue weighted by molar-refractivity contribution is -0.140. The number of amides is 2. The normalized spacial score (nSPS) is 16.3. The zero-order valence-electron chi connectivity index (χ0n) is 11.8. The van der Waals surface area contributed by atoms with E-state index in [1.54, 1.807) is 19.1 Å². The highest BCUT2D eigenvalue weighted by Crippen LogP contribution is 2.37. The van der Waals surface area contributed by atoms with Crippen molar-refractivity contribution in [1.82, 2.24) is 4.90 Å². The van der Waals surface area contributed by atoms with Gasteiger partial charge in [0.15, 0.2) is 5.75 Å². The van der Waals surface area contributed by atoms with Crippen LogP contribution in [0.2, 0.25) is 10.0 Å². The molecule has 0 unspecified atom stereocenters. The molecule has 1 aliphatic rings. The van der Waals surface area contributed by atoms with E-state index < -0.39 is 23.7 Å². The quantitative estimate of drug-likeness (QED) is 0.792. The maximum Gasteiger partial charge on any atom is 0.323 e. The molecule has 122 valence electrons. The van der Waals surface area contributed by atoms with E-state index in [-0.39, 0.29) is 15.0 Å². The molecule has 23 heavy (non-hydrogen) atoms. The molecular weight excluding hydrogens is 365 g/mol. The van der Waals surface area contributed by atoms with Gasteiger partial charge in [-0.3, -0.25) is 19.3 Å². The molecular formula is C14H11Cl2NO5S. The molecule has 0 saturated carbocycles. The second-order valence-corrected chi connectivity index (χ2v) is 6.22. The van der Waals surface area contributed by atoms with Crippen molar-refractivity contribution in [2.24, 2.45) is 0 Å². The highest BCUT2D eigenvalue weighted by molar-refractivity contribution is 8.18. The molecule has 1 aromatic rings. The molecule has 1 N–H and O–H groups in total. The van der Waals surface area contributed by atoms with Gasteiger partial charge in [0.2, 0.25) is 0 Å². The van der Waals surface area contributed by atoms with Crippen LogP contribution in [0.5, 0.6) is 5.75 Å². The molecule has 0 spiro atoms. The summed E-state index contributed by atoms with van der Waals surface area (Å²) in [4.78, 5) is 35.2. The molecule has 0 aliphatic carbocycles. The zero-order valence-corrected chi connectivity index (χ0v) is 14.2. The first kappa shape index (κ1) is 17.7. The molecule has 1 aliphatic heterocycles. The molecule has 1 heterocycles. The number of halogens is 2. The first-order valence-corrected chi connectivity index (χ1v) is 7.99. The summed E-state index contributed by atoms with van der Waals surface area (Å²) in [5, 5.41) is 8.63. The average molecular weight is 376 g/mol. The fourth-order valence-corrected chi connectivity index (χ4v) is 3.32. The molecule has 2 amide bonds. The van der Waals surface area contributed by atoms with Crippen molar-refractivity contribution >= 4 is 58.2 Å². The first-order chi connectivity index (χ1) is 10.8. The van der Waals surface area contributed by atoms with Gasteiger partial charge in [0.25, 0.3) is 11.1 Å². The van der Waals surface area contributed by atoms with Crippen molar-refractivity contribution in [3.63, 3.8) is 0 Å². The summed E-state index contributed by atoms with van der Waals surface area (Å²) in [7, 11) is 0. The van der Waals surface area contributed by atoms with Crippen molar-refractivity contribution < 1.29 is 24.2 Å². The Labute approximate surface area is 146 Å². The number of aliphatic carboxylic acids is 1. The Bertz CT molecular complexity index is 696. The van der Waals surface area contributed by atoms with Crippen LogP contribution in [0.4, 0.5) is 4.79 Å². The smallest absolute Gasteiger partial charge is 0.323 e. The summed E-state index contributed by atoms with van der Waals surface area (Å²) < 4.78 is 5.31. The van der Waals surface area contributed by atoms with Crippen LogP contribution in [-0.2, 0) is 9.59 Å². The molecule has 1 aromatic carbocycles. The summed E-state index contributed by atoms with van der Waals surface area (Å²) >= 11 is 12.8. The Morgan fingerprint density at radius 2 is 1.96 bits per heavy atom. The van der Waals surface area contributed by atoms with E-state index in [1.165, 1.54) is 6.08 Å². The van der Waals surface area contributed by atoms with Crippen molar-refractivity contribution in [2.45, 2.75) is 6.92 Å². The number of benzene rings is 1. The summed E-state index contributed by atoms with van der Waals surface area (Å²) in [6.45, 7) is 1.51. The first-order valence-electron chi connectivity index (χ1n) is 6.42. The minimum Gasteiger partial charge on any atom is -0.491 e. The van der Waals surface area contributed by atoms with Gasteiger partial charge in [-0.2, -0.15) is 0 Å². The van der Waals surface area contributed by atoms with Crippen LogP contribution in [0, 0.1) is 0 Å². The lowest BCUT2D eigenvalue weighted by atomic mass is 10.2. The van der Waals surface area contributed by atoms with Gasteiger partial charge in [0.1, 0.15) is 6.54 Å². The number of carbonyl (C=O) groups is 3. The van der Waals surface area contributed by atoms with Gasteiger partial charge in [-0.05, 0) is 42.5 Å². The Kier molecular flexibility index (Phi) is 5.56. The second kappa shape index (κ2) is 7.25. The Morgan fingerprint density at radius 3 is 2.48 bits per heavy atom. The topological polar surface area (TPSA) is 83.9 Å². The molecule has 0 bridgehead atoms. The Balaban J connectivity index is 2.31. The van der Waals surface area contributed by atoms with E-state index >= 15 is 0 Å². The van der Waals surface area contributed by atoms with Gasteiger partial charge in [-0.15, -0.1) is 0 Å². The standard InChI is InChI=1S/C14H11Cl2NO5S/c1-2-22-12-8(15)3-7(4-9(12)16)5-10-13(20)17(6-11(18)19)14(21)23-10/h3-5H,2,6H2,1H3,(H,18,19)/b10-5+.